The molecule has 0 aliphatic heterocycles. The number of carbonyl (C=O) groups excluding carboxylic acids is 2. The van der Waals surface area contributed by atoms with Crippen molar-refractivity contribution in [3.05, 3.63) is 83.8 Å². The van der Waals surface area contributed by atoms with Gasteiger partial charge in [-0.3, -0.25) is 4.79 Å². The van der Waals surface area contributed by atoms with E-state index in [1.807, 2.05) is 36.4 Å². The van der Waals surface area contributed by atoms with E-state index in [2.05, 4.69) is 5.32 Å². The highest BCUT2D eigenvalue weighted by molar-refractivity contribution is 5.96. The molecule has 0 fully saturated rings. The average Bonchev–Trinajstić information content (AvgIpc) is 3.30. The number of benzene rings is 2. The molecule has 2 aromatic carbocycles. The van der Waals surface area contributed by atoms with Gasteiger partial charge < -0.3 is 24.1 Å². The summed E-state index contributed by atoms with van der Waals surface area (Å²) >= 11 is 0. The van der Waals surface area contributed by atoms with E-state index in [-0.39, 0.29) is 12.5 Å². The summed E-state index contributed by atoms with van der Waals surface area (Å²) in [6, 6.07) is 18.1. The van der Waals surface area contributed by atoms with Gasteiger partial charge in [-0.05, 0) is 30.3 Å². The number of likely N-dealkylation sites (N-methyl/N-ethyl adjacent to an activating group) is 1. The Kier molecular flexibility index (Phi) is 7.10. The van der Waals surface area contributed by atoms with Gasteiger partial charge in [0.1, 0.15) is 11.5 Å². The molecule has 0 spiro atoms. The van der Waals surface area contributed by atoms with E-state index >= 15 is 0 Å². The number of methoxy groups -OCH3 is 1. The Bertz CT molecular complexity index is 985. The molecule has 7 nitrogen and oxygen atoms in total. The van der Waals surface area contributed by atoms with Crippen LogP contribution in [0.2, 0.25) is 0 Å². The first kappa shape index (κ1) is 21.0. The minimum atomic E-state index is -0.573. The monoisotopic (exact) mass is 408 g/mol. The van der Waals surface area contributed by atoms with Crippen LogP contribution in [0.3, 0.4) is 0 Å². The van der Waals surface area contributed by atoms with Crippen molar-refractivity contribution in [1.82, 2.24) is 4.90 Å². The predicted molar refractivity (Wildman–Crippen MR) is 112 cm³/mol. The van der Waals surface area contributed by atoms with Crippen molar-refractivity contribution in [3.63, 3.8) is 0 Å². The van der Waals surface area contributed by atoms with Crippen molar-refractivity contribution in [2.45, 2.75) is 13.1 Å². The smallest absolute Gasteiger partial charge is 0.340 e. The second-order valence-corrected chi connectivity index (χ2v) is 6.62. The summed E-state index contributed by atoms with van der Waals surface area (Å²) in [5, 5.41) is 3.15. The summed E-state index contributed by atoms with van der Waals surface area (Å²) < 4.78 is 15.9. The van der Waals surface area contributed by atoms with E-state index < -0.39 is 5.97 Å². The molecule has 1 aromatic heterocycles. The van der Waals surface area contributed by atoms with Crippen LogP contribution < -0.4 is 10.1 Å². The molecule has 0 saturated heterocycles. The minimum absolute atomic E-state index is 0.310. The molecule has 7 heteroatoms. The number of esters is 1. The summed E-state index contributed by atoms with van der Waals surface area (Å²) in [5.74, 6) is 0.559. The maximum absolute atomic E-state index is 12.5. The van der Waals surface area contributed by atoms with Crippen molar-refractivity contribution in [3.8, 4) is 5.75 Å². The zero-order valence-electron chi connectivity index (χ0n) is 17.0. The van der Waals surface area contributed by atoms with Crippen molar-refractivity contribution in [1.29, 1.82) is 0 Å². The number of para-hydroxylation sites is 2. The fourth-order valence-electron chi connectivity index (χ4n) is 2.90. The van der Waals surface area contributed by atoms with Gasteiger partial charge in [0.05, 0.1) is 25.5 Å². The number of nitrogens with one attached hydrogen (secondary N) is 1. The third-order valence-electron chi connectivity index (χ3n) is 4.53. The zero-order valence-corrected chi connectivity index (χ0v) is 17.0. The van der Waals surface area contributed by atoms with E-state index in [1.165, 1.54) is 4.90 Å². The molecule has 30 heavy (non-hydrogen) atoms. The molecule has 0 bridgehead atoms. The summed E-state index contributed by atoms with van der Waals surface area (Å²) in [7, 11) is 3.24. The first-order valence-corrected chi connectivity index (χ1v) is 9.46. The Balaban J connectivity index is 1.56. The van der Waals surface area contributed by atoms with Crippen LogP contribution in [0.15, 0.2) is 71.3 Å². The van der Waals surface area contributed by atoms with Crippen LogP contribution in [0.25, 0.3) is 0 Å². The number of hydrogen-bond donors (Lipinski definition) is 1. The molecule has 0 aliphatic carbocycles. The minimum Gasteiger partial charge on any atom is -0.496 e. The van der Waals surface area contributed by atoms with Gasteiger partial charge >= 0.3 is 5.97 Å². The number of rotatable bonds is 9. The normalized spacial score (nSPS) is 10.3. The van der Waals surface area contributed by atoms with Gasteiger partial charge in [-0.15, -0.1) is 0 Å². The fourth-order valence-corrected chi connectivity index (χ4v) is 2.90. The van der Waals surface area contributed by atoms with Gasteiger partial charge in [-0.1, -0.05) is 30.3 Å². The highest BCUT2D eigenvalue weighted by Gasteiger charge is 2.17. The van der Waals surface area contributed by atoms with Crippen LogP contribution in [0.1, 0.15) is 21.7 Å². The second-order valence-electron chi connectivity index (χ2n) is 6.62. The molecular formula is C23H24N2O5. The van der Waals surface area contributed by atoms with E-state index in [9.17, 15) is 9.59 Å². The lowest BCUT2D eigenvalue weighted by molar-refractivity contribution is -0.133. The van der Waals surface area contributed by atoms with Crippen LogP contribution in [0.4, 0.5) is 5.69 Å². The topological polar surface area (TPSA) is 81.0 Å². The molecule has 3 rings (SSSR count). The first-order chi connectivity index (χ1) is 14.6. The summed E-state index contributed by atoms with van der Waals surface area (Å²) in [6.07, 6.45) is 1.59. The summed E-state index contributed by atoms with van der Waals surface area (Å²) in [4.78, 5) is 26.5. The van der Waals surface area contributed by atoms with Gasteiger partial charge in [0, 0.05) is 24.8 Å². The zero-order chi connectivity index (χ0) is 21.3. The van der Waals surface area contributed by atoms with Gasteiger partial charge in [-0.2, -0.15) is 0 Å². The second kappa shape index (κ2) is 10.2. The molecule has 0 saturated carbocycles. The third-order valence-corrected chi connectivity index (χ3v) is 4.53. The lowest BCUT2D eigenvalue weighted by Crippen LogP contribution is -2.31. The van der Waals surface area contributed by atoms with Crippen LogP contribution in [0.5, 0.6) is 5.75 Å². The molecule has 1 heterocycles. The molecule has 3 aromatic rings. The van der Waals surface area contributed by atoms with Gasteiger partial charge in [0.15, 0.2) is 6.61 Å². The number of ether oxygens (including phenoxy) is 2. The maximum Gasteiger partial charge on any atom is 0.340 e. The summed E-state index contributed by atoms with van der Waals surface area (Å²) in [6.45, 7) is 0.427. The first-order valence-electron chi connectivity index (χ1n) is 9.46. The Morgan fingerprint density at radius 3 is 2.57 bits per heavy atom. The Labute approximate surface area is 175 Å². The number of amides is 1. The van der Waals surface area contributed by atoms with Crippen molar-refractivity contribution >= 4 is 17.6 Å². The van der Waals surface area contributed by atoms with Crippen molar-refractivity contribution in [2.24, 2.45) is 0 Å². The molecule has 0 unspecified atom stereocenters. The number of carbonyl (C=O) groups is 2. The molecule has 0 radical (unpaired) electrons. The standard InChI is InChI=1S/C23H24N2O5/c1-25(15-17-8-3-6-12-21(17)28-2)22(26)16-30-23(27)19-10-4-5-11-20(19)24-14-18-9-7-13-29-18/h3-13,24H,14-16H2,1-2H3. The molecule has 0 aliphatic rings. The molecule has 1 N–H and O–H groups in total. The highest BCUT2D eigenvalue weighted by atomic mass is 16.5. The van der Waals surface area contributed by atoms with Gasteiger partial charge in [0.25, 0.3) is 5.91 Å². The van der Waals surface area contributed by atoms with Crippen molar-refractivity contribution in [2.75, 3.05) is 26.1 Å². The number of nitrogens with zero attached hydrogens (tertiary/aromatic N) is 1. The molecular weight excluding hydrogens is 384 g/mol. The van der Waals surface area contributed by atoms with Gasteiger partial charge in [0.2, 0.25) is 0 Å². The SMILES string of the molecule is COc1ccccc1CN(C)C(=O)COC(=O)c1ccccc1NCc1ccco1. The quantitative estimate of drug-likeness (QED) is 0.544. The van der Waals surface area contributed by atoms with E-state index in [0.29, 0.717) is 30.1 Å². The predicted octanol–water partition coefficient (Wildman–Crippen LogP) is 3.72. The van der Waals surface area contributed by atoms with Gasteiger partial charge in [-0.25, -0.2) is 4.79 Å². The number of hydrogen-bond acceptors (Lipinski definition) is 6. The van der Waals surface area contributed by atoms with E-state index in [0.717, 1.165) is 11.3 Å². The molecule has 0 atom stereocenters. The lowest BCUT2D eigenvalue weighted by atomic mass is 10.1. The average molecular weight is 408 g/mol. The number of anilines is 1. The molecule has 1 amide bonds. The Morgan fingerprint density at radius 1 is 1.03 bits per heavy atom. The Hall–Kier alpha value is -3.74. The van der Waals surface area contributed by atoms with E-state index in [1.54, 1.807) is 44.7 Å². The van der Waals surface area contributed by atoms with Crippen molar-refractivity contribution < 1.29 is 23.5 Å². The Morgan fingerprint density at radius 2 is 1.80 bits per heavy atom. The third kappa shape index (κ3) is 5.41. The fraction of sp³-hybridized carbons (Fsp3) is 0.217. The van der Waals surface area contributed by atoms with Crippen LogP contribution in [-0.4, -0.2) is 37.5 Å². The van der Waals surface area contributed by atoms with Crippen LogP contribution in [0, 0.1) is 0 Å². The maximum atomic E-state index is 12.5. The number of furan rings is 1. The summed E-state index contributed by atoms with van der Waals surface area (Å²) in [5.41, 5.74) is 1.83. The van der Waals surface area contributed by atoms with Crippen LogP contribution in [-0.2, 0) is 22.6 Å². The molecule has 156 valence electrons. The largest absolute Gasteiger partial charge is 0.496 e. The van der Waals surface area contributed by atoms with Crippen LogP contribution >= 0.6 is 0 Å². The lowest BCUT2D eigenvalue weighted by Gasteiger charge is -2.19. The van der Waals surface area contributed by atoms with E-state index in [4.69, 9.17) is 13.9 Å². The highest BCUT2D eigenvalue weighted by Crippen LogP contribution is 2.20.